The minimum absolute atomic E-state index is 0.415. The number of aliphatic hydroxyl groups excluding tert-OH is 3. The Kier molecular flexibility index (Phi) is 3.21. The lowest BCUT2D eigenvalue weighted by molar-refractivity contribution is -0.252. The third-order valence-corrected chi connectivity index (χ3v) is 2.13. The first-order valence-electron chi connectivity index (χ1n) is 3.97. The summed E-state index contributed by atoms with van der Waals surface area (Å²) < 4.78 is 4.86. The Bertz CT molecular complexity index is 188. The number of aliphatic hydroxyl groups is 3. The first-order valence-corrected chi connectivity index (χ1v) is 3.97. The fourth-order valence-electron chi connectivity index (χ4n) is 1.36. The van der Waals surface area contributed by atoms with E-state index in [4.69, 9.17) is 9.84 Å². The highest BCUT2D eigenvalue weighted by Crippen LogP contribution is 2.18. The Hall–Kier alpha value is -0.690. The van der Waals surface area contributed by atoms with Crippen molar-refractivity contribution < 1.29 is 24.9 Å². The maximum Gasteiger partial charge on any atom is 0.207 e. The molecule has 5 atom stereocenters. The van der Waals surface area contributed by atoms with Gasteiger partial charge in [-0.15, -0.1) is 0 Å². The summed E-state index contributed by atoms with van der Waals surface area (Å²) in [6, 6.07) is -0.698. The summed E-state index contributed by atoms with van der Waals surface area (Å²) in [5.74, 6) is 0. The van der Waals surface area contributed by atoms with Crippen LogP contribution in [0.2, 0.25) is 0 Å². The molecule has 1 aliphatic rings. The molecule has 1 heterocycles. The fraction of sp³-hybridized carbons (Fsp3) is 0.857. The smallest absolute Gasteiger partial charge is 0.207 e. The van der Waals surface area contributed by atoms with E-state index >= 15 is 0 Å². The average molecular weight is 191 g/mol. The maximum absolute atomic E-state index is 10.1. The van der Waals surface area contributed by atoms with E-state index in [0.29, 0.717) is 6.41 Å². The van der Waals surface area contributed by atoms with Gasteiger partial charge in [0.1, 0.15) is 12.2 Å². The van der Waals surface area contributed by atoms with Crippen LogP contribution in [0.15, 0.2) is 0 Å². The number of ether oxygens (including phenoxy) is 1. The molecule has 0 bridgehead atoms. The summed E-state index contributed by atoms with van der Waals surface area (Å²) in [6.07, 6.45) is -4.15. The zero-order chi connectivity index (χ0) is 10.0. The fourth-order valence-corrected chi connectivity index (χ4v) is 1.36. The first-order chi connectivity index (χ1) is 6.07. The van der Waals surface area contributed by atoms with E-state index in [9.17, 15) is 15.0 Å². The summed E-state index contributed by atoms with van der Waals surface area (Å²) >= 11 is 0. The summed E-state index contributed by atoms with van der Waals surface area (Å²) in [5, 5.41) is 29.9. The number of hydrogen-bond donors (Lipinski definition) is 4. The molecule has 6 heteroatoms. The largest absolute Gasteiger partial charge is 0.388 e. The topological polar surface area (TPSA) is 99.0 Å². The van der Waals surface area contributed by atoms with Crippen molar-refractivity contribution >= 4 is 6.41 Å². The molecule has 1 saturated heterocycles. The molecule has 4 N–H and O–H groups in total. The third kappa shape index (κ3) is 1.97. The van der Waals surface area contributed by atoms with Gasteiger partial charge >= 0.3 is 0 Å². The van der Waals surface area contributed by atoms with Crippen LogP contribution in [-0.4, -0.2) is 52.4 Å². The van der Waals surface area contributed by atoms with Crippen LogP contribution in [0.4, 0.5) is 0 Å². The van der Waals surface area contributed by atoms with Crippen molar-refractivity contribution in [2.45, 2.75) is 37.6 Å². The normalized spacial score (nSPS) is 45.7. The highest BCUT2D eigenvalue weighted by Gasteiger charge is 2.41. The van der Waals surface area contributed by atoms with Gasteiger partial charge in [-0.3, -0.25) is 4.79 Å². The van der Waals surface area contributed by atoms with Crippen LogP contribution >= 0.6 is 0 Å². The molecule has 1 fully saturated rings. The lowest BCUT2D eigenvalue weighted by atomic mass is 9.97. The minimum atomic E-state index is -1.41. The van der Waals surface area contributed by atoms with E-state index in [2.05, 4.69) is 5.32 Å². The van der Waals surface area contributed by atoms with Gasteiger partial charge in [0.15, 0.2) is 6.29 Å². The number of amides is 1. The molecule has 0 spiro atoms. The zero-order valence-electron chi connectivity index (χ0n) is 7.12. The molecule has 13 heavy (non-hydrogen) atoms. The quantitative estimate of drug-likeness (QED) is 0.363. The summed E-state index contributed by atoms with van der Waals surface area (Å²) in [5.41, 5.74) is 0. The highest BCUT2D eigenvalue weighted by molar-refractivity contribution is 5.47. The molecular formula is C7H13NO5. The molecule has 1 aliphatic heterocycles. The van der Waals surface area contributed by atoms with Crippen LogP contribution in [-0.2, 0) is 9.53 Å². The van der Waals surface area contributed by atoms with E-state index < -0.39 is 30.6 Å². The van der Waals surface area contributed by atoms with E-state index in [1.807, 2.05) is 0 Å². The lowest BCUT2D eigenvalue weighted by Crippen LogP contribution is -2.61. The van der Waals surface area contributed by atoms with Crippen molar-refractivity contribution in [3.05, 3.63) is 0 Å². The van der Waals surface area contributed by atoms with Crippen molar-refractivity contribution in [1.29, 1.82) is 0 Å². The molecule has 1 amide bonds. The zero-order valence-corrected chi connectivity index (χ0v) is 7.12. The molecule has 76 valence electrons. The van der Waals surface area contributed by atoms with Gasteiger partial charge in [-0.25, -0.2) is 0 Å². The molecule has 0 aliphatic carbocycles. The van der Waals surface area contributed by atoms with Crippen LogP contribution in [0.25, 0.3) is 0 Å². The van der Waals surface area contributed by atoms with Crippen molar-refractivity contribution in [3.8, 4) is 0 Å². The molecule has 0 saturated carbocycles. The van der Waals surface area contributed by atoms with Gasteiger partial charge in [0.25, 0.3) is 0 Å². The van der Waals surface area contributed by atoms with Crippen LogP contribution in [0.5, 0.6) is 0 Å². The molecule has 0 aromatic rings. The van der Waals surface area contributed by atoms with Gasteiger partial charge in [-0.1, -0.05) is 0 Å². The molecule has 1 rings (SSSR count). The van der Waals surface area contributed by atoms with Gasteiger partial charge in [0.05, 0.1) is 12.1 Å². The Morgan fingerprint density at radius 1 is 1.31 bits per heavy atom. The van der Waals surface area contributed by atoms with Crippen molar-refractivity contribution in [3.63, 3.8) is 0 Å². The van der Waals surface area contributed by atoms with Crippen LogP contribution in [0.1, 0.15) is 6.92 Å². The Balaban J connectivity index is 2.66. The summed E-state index contributed by atoms with van der Waals surface area (Å²) in [6.45, 7) is 1.58. The standard InChI is InChI=1S/C7H13NO5/c1-3-4(8-2-9)5(10)6(11)7(12)13-3/h2-7,10-12H,1H3,(H,8,9)/t3-,4+,5+,6-,7+/m1/s1. The van der Waals surface area contributed by atoms with Gasteiger partial charge < -0.3 is 25.4 Å². The Morgan fingerprint density at radius 2 is 1.92 bits per heavy atom. The third-order valence-electron chi connectivity index (χ3n) is 2.13. The first kappa shape index (κ1) is 10.4. The number of rotatable bonds is 2. The number of carbonyl (C=O) groups excluding carboxylic acids is 1. The van der Waals surface area contributed by atoms with Gasteiger partial charge in [-0.05, 0) is 6.92 Å². The highest BCUT2D eigenvalue weighted by atomic mass is 16.6. The second kappa shape index (κ2) is 4.01. The van der Waals surface area contributed by atoms with Gasteiger partial charge in [0.2, 0.25) is 6.41 Å². The van der Waals surface area contributed by atoms with Crippen LogP contribution < -0.4 is 5.32 Å². The van der Waals surface area contributed by atoms with Crippen LogP contribution in [0.3, 0.4) is 0 Å². The van der Waals surface area contributed by atoms with E-state index in [1.54, 1.807) is 6.92 Å². The predicted molar refractivity (Wildman–Crippen MR) is 41.6 cm³/mol. The summed E-state index contributed by atoms with van der Waals surface area (Å²) in [4.78, 5) is 10.1. The SMILES string of the molecule is C[C@H]1O[C@H](O)[C@H](O)[C@@H](O)[C@H]1NC=O. The lowest BCUT2D eigenvalue weighted by Gasteiger charge is -2.39. The van der Waals surface area contributed by atoms with Gasteiger partial charge in [0, 0.05) is 0 Å². The predicted octanol–water partition coefficient (Wildman–Crippen LogP) is -2.44. The molecular weight excluding hydrogens is 178 g/mol. The van der Waals surface area contributed by atoms with Crippen LogP contribution in [0, 0.1) is 0 Å². The minimum Gasteiger partial charge on any atom is -0.388 e. The molecule has 0 unspecified atom stereocenters. The number of hydrogen-bond acceptors (Lipinski definition) is 5. The van der Waals surface area contributed by atoms with E-state index in [-0.39, 0.29) is 0 Å². The average Bonchev–Trinajstić information content (AvgIpc) is 2.09. The van der Waals surface area contributed by atoms with E-state index in [0.717, 1.165) is 0 Å². The maximum atomic E-state index is 10.1. The molecule has 6 nitrogen and oxygen atoms in total. The van der Waals surface area contributed by atoms with Crippen molar-refractivity contribution in [1.82, 2.24) is 5.32 Å². The van der Waals surface area contributed by atoms with Gasteiger partial charge in [-0.2, -0.15) is 0 Å². The molecule has 0 aromatic carbocycles. The monoisotopic (exact) mass is 191 g/mol. The Morgan fingerprint density at radius 3 is 2.46 bits per heavy atom. The second-order valence-corrected chi connectivity index (χ2v) is 3.02. The number of nitrogens with one attached hydrogen (secondary N) is 1. The second-order valence-electron chi connectivity index (χ2n) is 3.02. The van der Waals surface area contributed by atoms with Crippen molar-refractivity contribution in [2.24, 2.45) is 0 Å². The molecule has 0 aromatic heterocycles. The Labute approximate surface area is 75.1 Å². The van der Waals surface area contributed by atoms with Crippen molar-refractivity contribution in [2.75, 3.05) is 0 Å². The van der Waals surface area contributed by atoms with E-state index in [1.165, 1.54) is 0 Å². The summed E-state index contributed by atoms with van der Waals surface area (Å²) in [7, 11) is 0. The molecule has 0 radical (unpaired) electrons. The number of carbonyl (C=O) groups is 1.